The number of aromatic nitrogens is 2. The van der Waals surface area contributed by atoms with E-state index in [1.165, 1.54) is 0 Å². The SMILES string of the molecule is NCC1CC(=O)N(c2c(Cl)ccc3nsnc23)C1. The summed E-state index contributed by atoms with van der Waals surface area (Å²) in [6.45, 7) is 1.11. The van der Waals surface area contributed by atoms with E-state index in [0.29, 0.717) is 35.7 Å². The van der Waals surface area contributed by atoms with E-state index in [0.717, 1.165) is 17.2 Å². The van der Waals surface area contributed by atoms with Gasteiger partial charge in [0.15, 0.2) is 0 Å². The van der Waals surface area contributed by atoms with Gasteiger partial charge in [-0.3, -0.25) is 4.79 Å². The molecule has 1 saturated heterocycles. The van der Waals surface area contributed by atoms with Crippen LogP contribution in [0.4, 0.5) is 5.69 Å². The summed E-state index contributed by atoms with van der Waals surface area (Å²) in [4.78, 5) is 13.7. The topological polar surface area (TPSA) is 72.1 Å². The van der Waals surface area contributed by atoms with Gasteiger partial charge in [-0.05, 0) is 24.6 Å². The van der Waals surface area contributed by atoms with Gasteiger partial charge in [-0.15, -0.1) is 0 Å². The van der Waals surface area contributed by atoms with Gasteiger partial charge >= 0.3 is 0 Å². The van der Waals surface area contributed by atoms with Crippen molar-refractivity contribution in [3.63, 3.8) is 0 Å². The number of hydrogen-bond donors (Lipinski definition) is 1. The summed E-state index contributed by atoms with van der Waals surface area (Å²) in [7, 11) is 0. The second kappa shape index (κ2) is 4.46. The van der Waals surface area contributed by atoms with Crippen LogP contribution in [0.1, 0.15) is 6.42 Å². The van der Waals surface area contributed by atoms with Crippen LogP contribution in [0.15, 0.2) is 12.1 Å². The zero-order valence-electron chi connectivity index (χ0n) is 9.47. The van der Waals surface area contributed by atoms with Crippen molar-refractivity contribution in [2.75, 3.05) is 18.0 Å². The van der Waals surface area contributed by atoms with Crippen LogP contribution >= 0.6 is 23.3 Å². The quantitative estimate of drug-likeness (QED) is 0.909. The summed E-state index contributed by atoms with van der Waals surface area (Å²) >= 11 is 7.33. The summed E-state index contributed by atoms with van der Waals surface area (Å²) < 4.78 is 8.40. The second-order valence-electron chi connectivity index (χ2n) is 4.34. The van der Waals surface area contributed by atoms with Gasteiger partial charge < -0.3 is 10.6 Å². The Labute approximate surface area is 113 Å². The van der Waals surface area contributed by atoms with Crippen LogP contribution in [0.5, 0.6) is 0 Å². The maximum Gasteiger partial charge on any atom is 0.227 e. The van der Waals surface area contributed by atoms with Crippen LogP contribution in [0.3, 0.4) is 0 Å². The molecule has 0 saturated carbocycles. The Hall–Kier alpha value is -1.24. The van der Waals surface area contributed by atoms with Crippen LogP contribution in [0.2, 0.25) is 5.02 Å². The Morgan fingerprint density at radius 2 is 2.33 bits per heavy atom. The summed E-state index contributed by atoms with van der Waals surface area (Å²) in [5, 5.41) is 0.529. The first-order valence-corrected chi connectivity index (χ1v) is 6.72. The Balaban J connectivity index is 2.11. The van der Waals surface area contributed by atoms with E-state index in [4.69, 9.17) is 17.3 Å². The number of hydrogen-bond acceptors (Lipinski definition) is 5. The van der Waals surface area contributed by atoms with Crippen molar-refractivity contribution in [3.8, 4) is 0 Å². The zero-order valence-corrected chi connectivity index (χ0v) is 11.0. The molecule has 7 heteroatoms. The maximum absolute atomic E-state index is 12.0. The van der Waals surface area contributed by atoms with Crippen molar-refractivity contribution in [1.82, 2.24) is 8.75 Å². The minimum atomic E-state index is 0.0489. The van der Waals surface area contributed by atoms with Crippen molar-refractivity contribution in [2.24, 2.45) is 11.7 Å². The summed E-state index contributed by atoms with van der Waals surface area (Å²) in [6.07, 6.45) is 0.473. The molecule has 1 unspecified atom stereocenters. The largest absolute Gasteiger partial charge is 0.330 e. The first-order chi connectivity index (χ1) is 8.70. The number of anilines is 1. The van der Waals surface area contributed by atoms with Gasteiger partial charge in [0, 0.05) is 13.0 Å². The molecule has 1 amide bonds. The number of carbonyl (C=O) groups excluding carboxylic acids is 1. The van der Waals surface area contributed by atoms with Gasteiger partial charge in [0.2, 0.25) is 5.91 Å². The highest BCUT2D eigenvalue weighted by Crippen LogP contribution is 2.36. The van der Waals surface area contributed by atoms with Crippen molar-refractivity contribution in [2.45, 2.75) is 6.42 Å². The lowest BCUT2D eigenvalue weighted by atomic mass is 10.1. The lowest BCUT2D eigenvalue weighted by Gasteiger charge is -2.18. The standard InChI is InChI=1S/C11H11ClN4OS/c12-7-1-2-8-10(15-18-14-8)11(7)16-5-6(4-13)3-9(16)17/h1-2,6H,3-5,13H2. The molecule has 0 spiro atoms. The smallest absolute Gasteiger partial charge is 0.227 e. The minimum Gasteiger partial charge on any atom is -0.330 e. The van der Waals surface area contributed by atoms with Gasteiger partial charge in [-0.2, -0.15) is 8.75 Å². The van der Waals surface area contributed by atoms with Crippen LogP contribution in [-0.4, -0.2) is 27.7 Å². The van der Waals surface area contributed by atoms with E-state index in [1.807, 2.05) is 6.07 Å². The molecule has 18 heavy (non-hydrogen) atoms. The fourth-order valence-corrected chi connectivity index (χ4v) is 3.02. The normalized spacial score (nSPS) is 20.0. The van der Waals surface area contributed by atoms with E-state index in [9.17, 15) is 4.79 Å². The fraction of sp³-hybridized carbons (Fsp3) is 0.364. The van der Waals surface area contributed by atoms with E-state index in [1.54, 1.807) is 11.0 Å². The third kappa shape index (κ3) is 1.77. The minimum absolute atomic E-state index is 0.0489. The van der Waals surface area contributed by atoms with Crippen LogP contribution in [-0.2, 0) is 4.79 Å². The Morgan fingerprint density at radius 1 is 1.50 bits per heavy atom. The molecule has 0 aliphatic carbocycles. The highest BCUT2D eigenvalue weighted by Gasteiger charge is 2.32. The van der Waals surface area contributed by atoms with Crippen LogP contribution in [0, 0.1) is 5.92 Å². The van der Waals surface area contributed by atoms with Crippen LogP contribution in [0.25, 0.3) is 11.0 Å². The predicted octanol–water partition coefficient (Wildman–Crippen LogP) is 1.66. The predicted molar refractivity (Wildman–Crippen MR) is 71.9 cm³/mol. The molecule has 1 fully saturated rings. The van der Waals surface area contributed by atoms with Crippen LogP contribution < -0.4 is 10.6 Å². The molecule has 5 nitrogen and oxygen atoms in total. The monoisotopic (exact) mass is 282 g/mol. The molecule has 1 aliphatic rings. The number of carbonyl (C=O) groups is 1. The highest BCUT2D eigenvalue weighted by atomic mass is 35.5. The maximum atomic E-state index is 12.0. The molecule has 94 valence electrons. The van der Waals surface area contributed by atoms with Gasteiger partial charge in [-0.25, -0.2) is 0 Å². The molecule has 3 rings (SSSR count). The Bertz CT molecular complexity index is 614. The fourth-order valence-electron chi connectivity index (χ4n) is 2.23. The number of rotatable bonds is 2. The summed E-state index contributed by atoms with van der Waals surface area (Å²) in [5.41, 5.74) is 7.76. The molecule has 1 aromatic carbocycles. The van der Waals surface area contributed by atoms with Gasteiger partial charge in [0.05, 0.1) is 22.4 Å². The molecule has 1 aromatic heterocycles. The number of fused-ring (bicyclic) bond motifs is 1. The molecular formula is C11H11ClN4OS. The molecule has 2 aromatic rings. The first-order valence-electron chi connectivity index (χ1n) is 5.62. The number of nitrogens with two attached hydrogens (primary N) is 1. The van der Waals surface area contributed by atoms with Gasteiger partial charge in [-0.1, -0.05) is 11.6 Å². The number of nitrogens with zero attached hydrogens (tertiary/aromatic N) is 3. The second-order valence-corrected chi connectivity index (χ2v) is 5.27. The third-order valence-corrected chi connectivity index (χ3v) is 4.01. The zero-order chi connectivity index (χ0) is 12.7. The van der Waals surface area contributed by atoms with E-state index in [-0.39, 0.29) is 11.8 Å². The lowest BCUT2D eigenvalue weighted by Crippen LogP contribution is -2.26. The van der Waals surface area contributed by atoms with E-state index >= 15 is 0 Å². The Morgan fingerprint density at radius 3 is 3.06 bits per heavy atom. The van der Waals surface area contributed by atoms with Gasteiger partial charge in [0.25, 0.3) is 0 Å². The van der Waals surface area contributed by atoms with Crippen molar-refractivity contribution >= 4 is 46.0 Å². The molecular weight excluding hydrogens is 272 g/mol. The average Bonchev–Trinajstić information content (AvgIpc) is 2.96. The van der Waals surface area contributed by atoms with Crippen molar-refractivity contribution in [3.05, 3.63) is 17.2 Å². The molecule has 1 aliphatic heterocycles. The summed E-state index contributed by atoms with van der Waals surface area (Å²) in [5.74, 6) is 0.239. The van der Waals surface area contributed by atoms with E-state index < -0.39 is 0 Å². The summed E-state index contributed by atoms with van der Waals surface area (Å²) in [6, 6.07) is 3.56. The number of amides is 1. The highest BCUT2D eigenvalue weighted by molar-refractivity contribution is 7.00. The van der Waals surface area contributed by atoms with Gasteiger partial charge in [0.1, 0.15) is 11.0 Å². The first kappa shape index (κ1) is 11.8. The number of halogens is 1. The molecule has 2 N–H and O–H groups in total. The third-order valence-electron chi connectivity index (χ3n) is 3.16. The van der Waals surface area contributed by atoms with Crippen molar-refractivity contribution < 1.29 is 4.79 Å². The molecule has 1 atom stereocenters. The number of benzene rings is 1. The lowest BCUT2D eigenvalue weighted by molar-refractivity contribution is -0.117. The molecule has 0 radical (unpaired) electrons. The van der Waals surface area contributed by atoms with E-state index in [2.05, 4.69) is 8.75 Å². The Kier molecular flexibility index (Phi) is 2.93. The molecule has 0 bridgehead atoms. The molecule has 2 heterocycles. The van der Waals surface area contributed by atoms with Crippen molar-refractivity contribution in [1.29, 1.82) is 0 Å². The average molecular weight is 283 g/mol.